The summed E-state index contributed by atoms with van der Waals surface area (Å²) in [6.07, 6.45) is 9.47. The normalized spacial score (nSPS) is 18.8. The van der Waals surface area contributed by atoms with Crippen LogP contribution in [0.2, 0.25) is 0 Å². The first-order chi connectivity index (χ1) is 15.4. The maximum atomic E-state index is 12.6. The molecule has 4 heterocycles. The molecule has 7 nitrogen and oxygen atoms in total. The number of carbonyl (C=O) groups is 1. The van der Waals surface area contributed by atoms with Crippen molar-refractivity contribution in [2.75, 3.05) is 6.61 Å². The largest absolute Gasteiger partial charge is 0.492 e. The van der Waals surface area contributed by atoms with Crippen LogP contribution >= 0.6 is 0 Å². The van der Waals surface area contributed by atoms with Gasteiger partial charge in [-0.25, -0.2) is 4.79 Å². The molecule has 0 spiro atoms. The molecule has 1 fully saturated rings. The average molecular weight is 431 g/mol. The summed E-state index contributed by atoms with van der Waals surface area (Å²) < 4.78 is 10.2. The molecule has 3 aliphatic rings. The van der Waals surface area contributed by atoms with Crippen molar-refractivity contribution in [2.24, 2.45) is 5.92 Å². The van der Waals surface area contributed by atoms with Crippen molar-refractivity contribution < 1.29 is 14.6 Å². The fourth-order valence-electron chi connectivity index (χ4n) is 5.22. The van der Waals surface area contributed by atoms with E-state index in [-0.39, 0.29) is 17.5 Å². The molecule has 7 heteroatoms. The first-order valence-corrected chi connectivity index (χ1v) is 11.3. The van der Waals surface area contributed by atoms with Gasteiger partial charge >= 0.3 is 5.97 Å². The molecular formula is C25H25N3O4. The second-order valence-corrected chi connectivity index (χ2v) is 9.47. The van der Waals surface area contributed by atoms with E-state index in [9.17, 15) is 14.7 Å². The zero-order chi connectivity index (χ0) is 22.1. The molecule has 0 radical (unpaired) electrons. The molecule has 1 atom stereocenters. The minimum absolute atomic E-state index is 0.0682. The van der Waals surface area contributed by atoms with Crippen LogP contribution in [0.4, 0.5) is 0 Å². The van der Waals surface area contributed by atoms with E-state index in [1.54, 1.807) is 0 Å². The van der Waals surface area contributed by atoms with Gasteiger partial charge in [0.1, 0.15) is 11.3 Å². The fourth-order valence-corrected chi connectivity index (χ4v) is 5.22. The number of nitrogens with zero attached hydrogens (tertiary/aromatic N) is 3. The second kappa shape index (κ2) is 6.82. The maximum Gasteiger partial charge on any atom is 0.341 e. The van der Waals surface area contributed by atoms with Crippen LogP contribution in [-0.2, 0) is 12.8 Å². The van der Waals surface area contributed by atoms with Gasteiger partial charge in [-0.1, -0.05) is 13.8 Å². The molecule has 164 valence electrons. The van der Waals surface area contributed by atoms with E-state index in [0.29, 0.717) is 12.6 Å². The van der Waals surface area contributed by atoms with E-state index < -0.39 is 11.4 Å². The summed E-state index contributed by atoms with van der Waals surface area (Å²) in [7, 11) is 0. The lowest BCUT2D eigenvalue weighted by Gasteiger charge is -2.34. The number of carboxylic acid groups (broad SMARTS) is 1. The van der Waals surface area contributed by atoms with E-state index in [2.05, 4.69) is 35.9 Å². The summed E-state index contributed by atoms with van der Waals surface area (Å²) in [5.74, 6) is -0.0461. The minimum atomic E-state index is -1.19. The number of benzene rings is 1. The second-order valence-electron chi connectivity index (χ2n) is 9.47. The summed E-state index contributed by atoms with van der Waals surface area (Å²) in [5.41, 5.74) is 5.59. The van der Waals surface area contributed by atoms with Gasteiger partial charge in [-0.3, -0.25) is 9.48 Å². The van der Waals surface area contributed by atoms with Crippen LogP contribution < -0.4 is 10.2 Å². The van der Waals surface area contributed by atoms with Crippen molar-refractivity contribution in [1.29, 1.82) is 0 Å². The quantitative estimate of drug-likeness (QED) is 0.672. The monoisotopic (exact) mass is 431 g/mol. The van der Waals surface area contributed by atoms with Gasteiger partial charge in [0.2, 0.25) is 0 Å². The Morgan fingerprint density at radius 2 is 2.06 bits per heavy atom. The van der Waals surface area contributed by atoms with Crippen molar-refractivity contribution in [3.8, 4) is 28.1 Å². The third kappa shape index (κ3) is 2.83. The zero-order valence-electron chi connectivity index (χ0n) is 18.2. The van der Waals surface area contributed by atoms with Crippen molar-refractivity contribution >= 4 is 5.97 Å². The summed E-state index contributed by atoms with van der Waals surface area (Å²) >= 11 is 0. The highest BCUT2D eigenvalue weighted by molar-refractivity contribution is 5.88. The van der Waals surface area contributed by atoms with Crippen molar-refractivity contribution in [3.05, 3.63) is 57.6 Å². The molecule has 2 aromatic heterocycles. The molecule has 1 aliphatic carbocycles. The SMILES string of the molecule is CC(C)C1Cc2cc(-c3cnn(C4CC4)c3)c3c(c2-c2cc(=O)c(C(=O)O)cn21)CCO3. The number of aromatic nitrogens is 3. The fraction of sp³-hybridized carbons (Fsp3) is 0.400. The van der Waals surface area contributed by atoms with Gasteiger partial charge in [-0.2, -0.15) is 5.10 Å². The number of hydrogen-bond donors (Lipinski definition) is 1. The van der Waals surface area contributed by atoms with E-state index in [4.69, 9.17) is 4.74 Å². The molecular weight excluding hydrogens is 406 g/mol. The molecule has 1 saturated carbocycles. The summed E-state index contributed by atoms with van der Waals surface area (Å²) in [5, 5.41) is 14.1. The standard InChI is InChI=1S/C25H25N3O4/c1-13(2)20-8-14-7-18(15-10-26-28(11-15)16-3-4-16)24-17(5-6-32-24)23(14)21-9-22(29)19(25(30)31)12-27(20)21/h7,9-13,16,20H,3-6,8H2,1-2H3,(H,30,31). The number of fused-ring (bicyclic) bond motifs is 5. The van der Waals surface area contributed by atoms with Gasteiger partial charge in [0, 0.05) is 53.2 Å². The van der Waals surface area contributed by atoms with Crippen molar-refractivity contribution in [1.82, 2.24) is 14.3 Å². The van der Waals surface area contributed by atoms with Crippen molar-refractivity contribution in [2.45, 2.75) is 51.6 Å². The van der Waals surface area contributed by atoms with Crippen LogP contribution in [0.25, 0.3) is 22.4 Å². The third-order valence-electron chi connectivity index (χ3n) is 7.01. The van der Waals surface area contributed by atoms with Gasteiger partial charge in [0.15, 0.2) is 5.43 Å². The molecule has 1 unspecified atom stereocenters. The molecule has 1 aromatic carbocycles. The highest BCUT2D eigenvalue weighted by atomic mass is 16.5. The van der Waals surface area contributed by atoms with Crippen LogP contribution in [0, 0.1) is 5.92 Å². The average Bonchev–Trinajstić information content (AvgIpc) is 3.29. The summed E-state index contributed by atoms with van der Waals surface area (Å²) in [4.78, 5) is 24.3. The topological polar surface area (TPSA) is 86.4 Å². The van der Waals surface area contributed by atoms with Crippen LogP contribution in [0.15, 0.2) is 35.5 Å². The molecule has 3 aromatic rings. The van der Waals surface area contributed by atoms with Gasteiger partial charge in [0.25, 0.3) is 0 Å². The Balaban J connectivity index is 1.58. The number of pyridine rings is 1. The number of carboxylic acids is 1. The number of hydrogen-bond acceptors (Lipinski definition) is 4. The summed E-state index contributed by atoms with van der Waals surface area (Å²) in [6.45, 7) is 4.87. The third-order valence-corrected chi connectivity index (χ3v) is 7.01. The number of aromatic carboxylic acids is 1. The predicted octanol–water partition coefficient (Wildman–Crippen LogP) is 4.10. The Labute approximate surface area is 185 Å². The predicted molar refractivity (Wildman–Crippen MR) is 119 cm³/mol. The number of rotatable bonds is 4. The van der Waals surface area contributed by atoms with Gasteiger partial charge < -0.3 is 14.4 Å². The number of ether oxygens (including phenoxy) is 1. The first-order valence-electron chi connectivity index (χ1n) is 11.3. The highest BCUT2D eigenvalue weighted by Crippen LogP contribution is 2.48. The molecule has 6 rings (SSSR count). The van der Waals surface area contributed by atoms with Crippen LogP contribution in [0.3, 0.4) is 0 Å². The Hall–Kier alpha value is -3.35. The molecule has 2 aliphatic heterocycles. The van der Waals surface area contributed by atoms with Crippen molar-refractivity contribution in [3.63, 3.8) is 0 Å². The van der Waals surface area contributed by atoms with E-state index in [1.165, 1.54) is 30.7 Å². The first kappa shape index (κ1) is 19.3. The maximum absolute atomic E-state index is 12.6. The van der Waals surface area contributed by atoms with Crippen LogP contribution in [0.1, 0.15) is 60.3 Å². The lowest BCUT2D eigenvalue weighted by molar-refractivity contribution is 0.0694. The Bertz CT molecular complexity index is 1330. The molecule has 0 saturated heterocycles. The lowest BCUT2D eigenvalue weighted by atomic mass is 9.82. The van der Waals surface area contributed by atoms with Crippen LogP contribution in [0.5, 0.6) is 5.75 Å². The van der Waals surface area contributed by atoms with E-state index in [0.717, 1.165) is 46.5 Å². The van der Waals surface area contributed by atoms with Crippen LogP contribution in [-0.4, -0.2) is 32.0 Å². The lowest BCUT2D eigenvalue weighted by Crippen LogP contribution is -2.28. The van der Waals surface area contributed by atoms with Gasteiger partial charge in [-0.05, 0) is 36.8 Å². The van der Waals surface area contributed by atoms with Gasteiger partial charge in [-0.15, -0.1) is 0 Å². The van der Waals surface area contributed by atoms with E-state index >= 15 is 0 Å². The Morgan fingerprint density at radius 3 is 2.78 bits per heavy atom. The molecule has 32 heavy (non-hydrogen) atoms. The molecule has 1 N–H and O–H groups in total. The Kier molecular flexibility index (Phi) is 4.12. The van der Waals surface area contributed by atoms with Gasteiger partial charge in [0.05, 0.1) is 24.5 Å². The summed E-state index contributed by atoms with van der Waals surface area (Å²) in [6, 6.07) is 4.28. The van der Waals surface area contributed by atoms with E-state index in [1.807, 2.05) is 10.8 Å². The highest BCUT2D eigenvalue weighted by Gasteiger charge is 2.34. The zero-order valence-corrected chi connectivity index (χ0v) is 18.2. The molecule has 0 bridgehead atoms. The molecule has 0 amide bonds. The smallest absolute Gasteiger partial charge is 0.341 e. The Morgan fingerprint density at radius 1 is 1.25 bits per heavy atom. The minimum Gasteiger partial charge on any atom is -0.492 e.